The fourth-order valence-electron chi connectivity index (χ4n) is 9.68. The first-order valence-corrected chi connectivity index (χ1v) is 37.0. The van der Waals surface area contributed by atoms with Crippen LogP contribution in [-0.2, 0) is 65.4 Å². The minimum atomic E-state index is -4.94. The number of unbranched alkanes of at least 4 members (excludes halogenated alkanes) is 33. The molecule has 17 nitrogen and oxygen atoms in total. The van der Waals surface area contributed by atoms with Crippen molar-refractivity contribution in [1.29, 1.82) is 0 Å². The lowest BCUT2D eigenvalue weighted by molar-refractivity contribution is -0.161. The van der Waals surface area contributed by atoms with Gasteiger partial charge in [0.15, 0.2) is 12.2 Å². The molecule has 6 atom stereocenters. The van der Waals surface area contributed by atoms with E-state index < -0.39 is 97.5 Å². The molecule has 0 aliphatic carbocycles. The van der Waals surface area contributed by atoms with Gasteiger partial charge in [0.1, 0.15) is 19.3 Å². The predicted octanol–water partition coefficient (Wildman–Crippen LogP) is 18.0. The number of carbonyl (C=O) groups excluding carboxylic acids is 4. The maximum atomic E-state index is 13.0. The van der Waals surface area contributed by atoms with E-state index in [4.69, 9.17) is 37.0 Å². The van der Waals surface area contributed by atoms with Crippen molar-refractivity contribution in [2.45, 2.75) is 342 Å². The summed E-state index contributed by atoms with van der Waals surface area (Å²) in [6.07, 6.45) is 40.2. The molecular formula is C65H126O17P2. The molecule has 0 amide bonds. The second-order valence-electron chi connectivity index (χ2n) is 24.2. The van der Waals surface area contributed by atoms with Crippen LogP contribution in [0.25, 0.3) is 0 Å². The predicted molar refractivity (Wildman–Crippen MR) is 335 cm³/mol. The Balaban J connectivity index is 5.25. The van der Waals surface area contributed by atoms with Crippen LogP contribution < -0.4 is 0 Å². The van der Waals surface area contributed by atoms with Gasteiger partial charge >= 0.3 is 39.5 Å². The van der Waals surface area contributed by atoms with Crippen molar-refractivity contribution in [3.63, 3.8) is 0 Å². The Morgan fingerprint density at radius 3 is 0.905 bits per heavy atom. The van der Waals surface area contributed by atoms with Crippen LogP contribution in [0.15, 0.2) is 0 Å². The minimum Gasteiger partial charge on any atom is -0.462 e. The van der Waals surface area contributed by atoms with Gasteiger partial charge in [0, 0.05) is 25.7 Å². The molecule has 3 unspecified atom stereocenters. The summed E-state index contributed by atoms with van der Waals surface area (Å²) in [5, 5.41) is 10.5. The molecule has 0 aromatic rings. The first kappa shape index (κ1) is 82.1. The Labute approximate surface area is 511 Å². The number of ether oxygens (including phenoxy) is 4. The van der Waals surface area contributed by atoms with Gasteiger partial charge < -0.3 is 33.8 Å². The van der Waals surface area contributed by atoms with E-state index in [2.05, 4.69) is 41.5 Å². The Bertz CT molecular complexity index is 1650. The van der Waals surface area contributed by atoms with Crippen molar-refractivity contribution in [2.24, 2.45) is 11.8 Å². The van der Waals surface area contributed by atoms with E-state index in [0.717, 1.165) is 102 Å². The second kappa shape index (κ2) is 57.5. The van der Waals surface area contributed by atoms with Crippen molar-refractivity contribution in [2.75, 3.05) is 39.6 Å². The Morgan fingerprint density at radius 1 is 0.345 bits per heavy atom. The molecule has 19 heteroatoms. The van der Waals surface area contributed by atoms with Crippen LogP contribution in [-0.4, -0.2) is 96.7 Å². The van der Waals surface area contributed by atoms with Crippen LogP contribution in [0.5, 0.6) is 0 Å². The lowest BCUT2D eigenvalue weighted by Crippen LogP contribution is -2.30. The van der Waals surface area contributed by atoms with Crippen molar-refractivity contribution in [1.82, 2.24) is 0 Å². The molecule has 3 N–H and O–H groups in total. The van der Waals surface area contributed by atoms with E-state index >= 15 is 0 Å². The van der Waals surface area contributed by atoms with Gasteiger partial charge in [-0.1, -0.05) is 273 Å². The number of aliphatic hydroxyl groups excluding tert-OH is 1. The Kier molecular flexibility index (Phi) is 56.2. The highest BCUT2D eigenvalue weighted by molar-refractivity contribution is 7.47. The van der Waals surface area contributed by atoms with Gasteiger partial charge in [0.05, 0.1) is 26.4 Å². The third kappa shape index (κ3) is 57.8. The van der Waals surface area contributed by atoms with Crippen LogP contribution >= 0.6 is 15.6 Å². The topological polar surface area (TPSA) is 237 Å². The largest absolute Gasteiger partial charge is 0.472 e. The van der Waals surface area contributed by atoms with Crippen molar-refractivity contribution >= 4 is 39.5 Å². The van der Waals surface area contributed by atoms with Crippen LogP contribution in [0.3, 0.4) is 0 Å². The SMILES string of the molecule is CCCCCCCCCCCCCC(=O)OC[C@H](COP(=O)(O)OC[C@@H](O)COP(=O)(O)OC[C@@H](COC(=O)CCCCCCCCCC(C)C)OC(=O)CCCCCCCCCCCCC)OC(=O)CCCCCCCCCCC(C)CC. The van der Waals surface area contributed by atoms with Gasteiger partial charge in [-0.05, 0) is 37.5 Å². The molecule has 498 valence electrons. The molecule has 0 aromatic heterocycles. The highest BCUT2D eigenvalue weighted by Crippen LogP contribution is 2.45. The maximum absolute atomic E-state index is 13.0. The van der Waals surface area contributed by atoms with Gasteiger partial charge in [-0.15, -0.1) is 0 Å². The molecule has 0 aliphatic heterocycles. The molecule has 0 aliphatic rings. The number of esters is 4. The molecule has 0 fully saturated rings. The average molecular weight is 1240 g/mol. The number of aliphatic hydroxyl groups is 1. The summed E-state index contributed by atoms with van der Waals surface area (Å²) in [5.41, 5.74) is 0. The van der Waals surface area contributed by atoms with E-state index in [1.807, 2.05) is 0 Å². The number of hydrogen-bond acceptors (Lipinski definition) is 15. The van der Waals surface area contributed by atoms with Crippen molar-refractivity contribution in [3.8, 4) is 0 Å². The molecule has 0 heterocycles. The molecule has 0 aromatic carbocycles. The third-order valence-electron chi connectivity index (χ3n) is 15.3. The maximum Gasteiger partial charge on any atom is 0.472 e. The van der Waals surface area contributed by atoms with Gasteiger partial charge in [-0.2, -0.15) is 0 Å². The van der Waals surface area contributed by atoms with Crippen LogP contribution in [0, 0.1) is 11.8 Å². The van der Waals surface area contributed by atoms with Gasteiger partial charge in [0.2, 0.25) is 0 Å². The first-order valence-electron chi connectivity index (χ1n) is 34.0. The van der Waals surface area contributed by atoms with Gasteiger partial charge in [-0.3, -0.25) is 37.3 Å². The zero-order valence-electron chi connectivity index (χ0n) is 54.2. The quantitative estimate of drug-likeness (QED) is 0.0222. The highest BCUT2D eigenvalue weighted by atomic mass is 31.2. The fourth-order valence-corrected chi connectivity index (χ4v) is 11.3. The van der Waals surface area contributed by atoms with Crippen LogP contribution in [0.1, 0.15) is 324 Å². The standard InChI is InChI=1S/C65H126O17P2/c1-7-10-12-14-16-18-20-22-29-35-41-47-62(67)75-53-60(82-65(70)50-44-38-31-25-24-28-34-40-46-58(6)9-3)55-79-83(71,72)77-51-59(66)52-78-84(73,74)80-56-61(54-76-63(68)48-42-36-32-26-27-33-39-45-57(4)5)81-64(69)49-43-37-30-23-21-19-17-15-13-11-8-2/h57-61,66H,7-56H2,1-6H3,(H,71,72)(H,73,74)/t58?,59-,60-,61-/m1/s1. The number of hydrogen-bond donors (Lipinski definition) is 3. The van der Waals surface area contributed by atoms with Crippen molar-refractivity contribution < 1.29 is 80.2 Å². The summed E-state index contributed by atoms with van der Waals surface area (Å²) >= 11 is 0. The van der Waals surface area contributed by atoms with E-state index in [1.54, 1.807) is 0 Å². The summed E-state index contributed by atoms with van der Waals surface area (Å²) in [6, 6.07) is 0. The Hall–Kier alpha value is -1.94. The number of rotatable bonds is 64. The monoisotopic (exact) mass is 1240 g/mol. The number of carbonyl (C=O) groups is 4. The van der Waals surface area contributed by atoms with E-state index in [1.165, 1.54) is 135 Å². The van der Waals surface area contributed by atoms with E-state index in [9.17, 15) is 43.2 Å². The molecule has 0 radical (unpaired) electrons. The average Bonchev–Trinajstić information content (AvgIpc) is 3.52. The minimum absolute atomic E-state index is 0.105. The number of phosphoric acid groups is 2. The Morgan fingerprint density at radius 2 is 0.607 bits per heavy atom. The summed E-state index contributed by atoms with van der Waals surface area (Å²) in [6.45, 7) is 9.44. The number of phosphoric ester groups is 2. The molecule has 0 bridgehead atoms. The first-order chi connectivity index (χ1) is 40.4. The van der Waals surface area contributed by atoms with Gasteiger partial charge in [-0.25, -0.2) is 9.13 Å². The zero-order valence-corrected chi connectivity index (χ0v) is 56.0. The van der Waals surface area contributed by atoms with Crippen LogP contribution in [0.2, 0.25) is 0 Å². The molecule has 0 saturated heterocycles. The summed E-state index contributed by atoms with van der Waals surface area (Å²) in [5.74, 6) is -0.658. The molecule has 0 rings (SSSR count). The molecular weight excluding hydrogens is 1110 g/mol. The van der Waals surface area contributed by atoms with E-state index in [-0.39, 0.29) is 25.7 Å². The van der Waals surface area contributed by atoms with Gasteiger partial charge in [0.25, 0.3) is 0 Å². The second-order valence-corrected chi connectivity index (χ2v) is 27.1. The summed E-state index contributed by atoms with van der Waals surface area (Å²) in [4.78, 5) is 72.3. The smallest absolute Gasteiger partial charge is 0.462 e. The lowest BCUT2D eigenvalue weighted by Gasteiger charge is -2.21. The van der Waals surface area contributed by atoms with Crippen molar-refractivity contribution in [3.05, 3.63) is 0 Å². The molecule has 84 heavy (non-hydrogen) atoms. The van der Waals surface area contributed by atoms with Crippen LogP contribution in [0.4, 0.5) is 0 Å². The van der Waals surface area contributed by atoms with E-state index in [0.29, 0.717) is 31.6 Å². The zero-order chi connectivity index (χ0) is 62.2. The lowest BCUT2D eigenvalue weighted by atomic mass is 9.99. The summed E-state index contributed by atoms with van der Waals surface area (Å²) < 4.78 is 68.0. The molecule has 0 spiro atoms. The summed E-state index contributed by atoms with van der Waals surface area (Å²) in [7, 11) is -9.89. The normalized spacial score (nSPS) is 14.6. The fraction of sp³-hybridized carbons (Fsp3) is 0.938. The third-order valence-corrected chi connectivity index (χ3v) is 17.2. The molecule has 0 saturated carbocycles. The highest BCUT2D eigenvalue weighted by Gasteiger charge is 2.30.